The lowest BCUT2D eigenvalue weighted by Crippen LogP contribution is -1.96. The molecule has 0 nitrogen and oxygen atoms in total. The van der Waals surface area contributed by atoms with Gasteiger partial charge in [0.2, 0.25) is 0 Å². The number of aryl methyl sites for hydroxylation is 1. The Morgan fingerprint density at radius 1 is 1.06 bits per heavy atom. The zero-order valence-electron chi connectivity index (χ0n) is 12.1. The Morgan fingerprint density at radius 2 is 1.83 bits per heavy atom. The van der Waals surface area contributed by atoms with E-state index in [-0.39, 0.29) is 0 Å². The van der Waals surface area contributed by atoms with Crippen LogP contribution < -0.4 is 0 Å². The van der Waals surface area contributed by atoms with E-state index < -0.39 is 0 Å². The van der Waals surface area contributed by atoms with Crippen molar-refractivity contribution in [3.8, 4) is 0 Å². The Morgan fingerprint density at radius 3 is 2.56 bits per heavy atom. The summed E-state index contributed by atoms with van der Waals surface area (Å²) in [6.07, 6.45) is 10.6. The fourth-order valence-corrected chi connectivity index (χ4v) is 2.95. The first-order valence-electron chi connectivity index (χ1n) is 7.29. The molecule has 1 aromatic rings. The molecule has 0 bridgehead atoms. The minimum Gasteiger partial charge on any atom is -0.0801 e. The van der Waals surface area contributed by atoms with Crippen LogP contribution in [-0.2, 0) is 6.42 Å². The molecule has 96 valence electrons. The summed E-state index contributed by atoms with van der Waals surface area (Å²) >= 11 is 0. The molecule has 0 heterocycles. The van der Waals surface area contributed by atoms with Crippen LogP contribution in [0.5, 0.6) is 0 Å². The molecule has 0 unspecified atom stereocenters. The van der Waals surface area contributed by atoms with Crippen molar-refractivity contribution in [3.05, 3.63) is 46.5 Å². The third kappa shape index (κ3) is 2.16. The number of hydrogen-bond acceptors (Lipinski definition) is 0. The standard InChI is InChI=1S/C16H18.C2H6/c1-11(2)14-10-9-13-8-7-12-5-3-4-6-15(14)16(12)13;1-2/h4-6,9-11H,3,7-8H2,1-2H3;1-2H3. The predicted octanol–water partition coefficient (Wildman–Crippen LogP) is 5.58. The molecule has 1 aromatic carbocycles. The van der Waals surface area contributed by atoms with E-state index in [1.165, 1.54) is 24.0 Å². The second-order valence-corrected chi connectivity index (χ2v) is 5.12. The van der Waals surface area contributed by atoms with Gasteiger partial charge >= 0.3 is 0 Å². The Balaban J connectivity index is 0.000000574. The molecule has 18 heavy (non-hydrogen) atoms. The lowest BCUT2D eigenvalue weighted by Gasteiger charge is -2.14. The average Bonchev–Trinajstić information content (AvgIpc) is 2.67. The fourth-order valence-electron chi connectivity index (χ4n) is 2.95. The highest BCUT2D eigenvalue weighted by atomic mass is 14.3. The van der Waals surface area contributed by atoms with Gasteiger partial charge in [-0.2, -0.15) is 0 Å². The Labute approximate surface area is 111 Å². The first-order chi connectivity index (χ1) is 8.77. The first kappa shape index (κ1) is 13.1. The molecule has 0 N–H and O–H groups in total. The molecule has 0 saturated heterocycles. The molecule has 0 amide bonds. The van der Waals surface area contributed by atoms with E-state index in [9.17, 15) is 0 Å². The van der Waals surface area contributed by atoms with Crippen molar-refractivity contribution in [2.24, 2.45) is 0 Å². The van der Waals surface area contributed by atoms with Crippen LogP contribution in [0.1, 0.15) is 68.7 Å². The van der Waals surface area contributed by atoms with Crippen molar-refractivity contribution in [1.82, 2.24) is 0 Å². The van der Waals surface area contributed by atoms with Gasteiger partial charge in [0.15, 0.2) is 0 Å². The van der Waals surface area contributed by atoms with Gasteiger partial charge in [-0.25, -0.2) is 0 Å². The number of rotatable bonds is 1. The lowest BCUT2D eigenvalue weighted by molar-refractivity contribution is 0.862. The molecule has 2 aliphatic carbocycles. The minimum atomic E-state index is 0.616. The van der Waals surface area contributed by atoms with Gasteiger partial charge in [-0.3, -0.25) is 0 Å². The summed E-state index contributed by atoms with van der Waals surface area (Å²) in [6.45, 7) is 8.57. The smallest absolute Gasteiger partial charge is 0.0120 e. The second-order valence-electron chi connectivity index (χ2n) is 5.12. The summed E-state index contributed by atoms with van der Waals surface area (Å²) in [7, 11) is 0. The molecule has 3 rings (SSSR count). The topological polar surface area (TPSA) is 0 Å². The fraction of sp³-hybridized carbons (Fsp3) is 0.444. The second kappa shape index (κ2) is 5.56. The summed E-state index contributed by atoms with van der Waals surface area (Å²) in [5, 5.41) is 0. The number of benzene rings is 1. The van der Waals surface area contributed by atoms with E-state index in [0.29, 0.717) is 5.92 Å². The molecule has 0 atom stereocenters. The van der Waals surface area contributed by atoms with Crippen LogP contribution in [-0.4, -0.2) is 0 Å². The Kier molecular flexibility index (Phi) is 4.06. The molecular weight excluding hydrogens is 216 g/mol. The first-order valence-corrected chi connectivity index (χ1v) is 7.29. The zero-order valence-corrected chi connectivity index (χ0v) is 12.1. The largest absolute Gasteiger partial charge is 0.0801 e. The van der Waals surface area contributed by atoms with Gasteiger partial charge in [-0.05, 0) is 53.0 Å². The highest BCUT2D eigenvalue weighted by molar-refractivity contribution is 5.82. The maximum Gasteiger partial charge on any atom is -0.0120 e. The van der Waals surface area contributed by atoms with Crippen molar-refractivity contribution >= 4 is 11.6 Å². The van der Waals surface area contributed by atoms with Crippen molar-refractivity contribution in [3.63, 3.8) is 0 Å². The Hall–Kier alpha value is -1.30. The summed E-state index contributed by atoms with van der Waals surface area (Å²) in [5.41, 5.74) is 7.69. The van der Waals surface area contributed by atoms with Crippen LogP contribution in [0.25, 0.3) is 11.6 Å². The molecule has 0 heteroatoms. The SMILES string of the molecule is CC.CC(C)c1ccc2c3c1C=CCC=C3CC2. The van der Waals surface area contributed by atoms with Crippen molar-refractivity contribution in [1.29, 1.82) is 0 Å². The minimum absolute atomic E-state index is 0.616. The van der Waals surface area contributed by atoms with E-state index in [1.807, 2.05) is 13.8 Å². The normalized spacial score (nSPS) is 15.7. The lowest BCUT2D eigenvalue weighted by atomic mass is 9.90. The van der Waals surface area contributed by atoms with Gasteiger partial charge in [-0.1, -0.05) is 58.1 Å². The van der Waals surface area contributed by atoms with Gasteiger partial charge in [0, 0.05) is 0 Å². The van der Waals surface area contributed by atoms with Crippen LogP contribution in [0, 0.1) is 0 Å². The van der Waals surface area contributed by atoms with Crippen LogP contribution in [0.3, 0.4) is 0 Å². The van der Waals surface area contributed by atoms with Gasteiger partial charge in [-0.15, -0.1) is 0 Å². The Bertz CT molecular complexity index is 487. The van der Waals surface area contributed by atoms with Gasteiger partial charge in [0.1, 0.15) is 0 Å². The van der Waals surface area contributed by atoms with Gasteiger partial charge < -0.3 is 0 Å². The number of allylic oxidation sites excluding steroid dienone is 3. The maximum atomic E-state index is 2.41. The molecule has 0 aliphatic heterocycles. The van der Waals surface area contributed by atoms with Crippen molar-refractivity contribution < 1.29 is 0 Å². The monoisotopic (exact) mass is 240 g/mol. The summed E-state index contributed by atoms with van der Waals surface area (Å²) in [6, 6.07) is 4.67. The third-order valence-electron chi connectivity index (χ3n) is 3.76. The van der Waals surface area contributed by atoms with Crippen LogP contribution >= 0.6 is 0 Å². The molecule has 0 spiro atoms. The summed E-state index contributed by atoms with van der Waals surface area (Å²) in [5.74, 6) is 0.616. The number of hydrogen-bond donors (Lipinski definition) is 0. The molecule has 2 aliphatic rings. The van der Waals surface area contributed by atoms with E-state index in [4.69, 9.17) is 0 Å². The highest BCUT2D eigenvalue weighted by Crippen LogP contribution is 2.40. The van der Waals surface area contributed by atoms with E-state index in [0.717, 1.165) is 6.42 Å². The van der Waals surface area contributed by atoms with E-state index in [1.54, 1.807) is 16.7 Å². The van der Waals surface area contributed by atoms with E-state index in [2.05, 4.69) is 44.2 Å². The third-order valence-corrected chi connectivity index (χ3v) is 3.76. The molecule has 0 radical (unpaired) electrons. The van der Waals surface area contributed by atoms with Crippen molar-refractivity contribution in [2.45, 2.75) is 52.9 Å². The van der Waals surface area contributed by atoms with Gasteiger partial charge in [0.05, 0.1) is 0 Å². The highest BCUT2D eigenvalue weighted by Gasteiger charge is 2.22. The average molecular weight is 240 g/mol. The molecule has 0 saturated carbocycles. The van der Waals surface area contributed by atoms with Crippen molar-refractivity contribution in [2.75, 3.05) is 0 Å². The predicted molar refractivity (Wildman–Crippen MR) is 81.8 cm³/mol. The zero-order chi connectivity index (χ0) is 13.1. The molecular formula is C18H24. The maximum absolute atomic E-state index is 2.41. The molecule has 0 aromatic heterocycles. The van der Waals surface area contributed by atoms with Crippen LogP contribution in [0.2, 0.25) is 0 Å². The van der Waals surface area contributed by atoms with Gasteiger partial charge in [0.25, 0.3) is 0 Å². The molecule has 0 fully saturated rings. The summed E-state index contributed by atoms with van der Waals surface area (Å²) in [4.78, 5) is 0. The van der Waals surface area contributed by atoms with E-state index >= 15 is 0 Å². The quantitative estimate of drug-likeness (QED) is 0.601. The van der Waals surface area contributed by atoms with Crippen LogP contribution in [0.15, 0.2) is 24.3 Å². The summed E-state index contributed by atoms with van der Waals surface area (Å²) < 4.78 is 0. The van der Waals surface area contributed by atoms with Crippen LogP contribution in [0.4, 0.5) is 0 Å².